The van der Waals surface area contributed by atoms with E-state index in [0.717, 1.165) is 11.8 Å². The SMILES string of the molecule is CC1(C)O[C@@H]2[C@@H](CCO)C[C@@H](n3ncc4c(N)ncnc43)[C@@H]2O1. The summed E-state index contributed by atoms with van der Waals surface area (Å²) < 4.78 is 14.1. The largest absolute Gasteiger partial charge is 0.396 e. The van der Waals surface area contributed by atoms with Crippen LogP contribution in [0.1, 0.15) is 32.7 Å². The number of aliphatic hydroxyl groups excluding tert-OH is 1. The van der Waals surface area contributed by atoms with Gasteiger partial charge in [0.1, 0.15) is 18.2 Å². The Balaban J connectivity index is 1.74. The maximum Gasteiger partial charge on any atom is 0.163 e. The maximum atomic E-state index is 9.35. The molecule has 8 heteroatoms. The molecule has 3 N–H and O–H groups in total. The number of nitrogens with two attached hydrogens (primary N) is 1. The highest BCUT2D eigenvalue weighted by atomic mass is 16.8. The summed E-state index contributed by atoms with van der Waals surface area (Å²) in [5, 5.41) is 14.6. The van der Waals surface area contributed by atoms with Crippen molar-refractivity contribution < 1.29 is 14.6 Å². The number of rotatable bonds is 3. The molecule has 0 unspecified atom stereocenters. The Hall–Kier alpha value is -1.77. The number of nitrogen functional groups attached to an aromatic ring is 1. The standard InChI is InChI=1S/C15H21N5O3/c1-15(2)22-11-8(3-4-21)5-10(12(11)23-15)20-14-9(6-19-20)13(16)17-7-18-14/h6-8,10-12,21H,3-5H2,1-2H3,(H2,16,17,18)/t8-,10+,11+,12-/m0/s1. The molecule has 1 saturated carbocycles. The summed E-state index contributed by atoms with van der Waals surface area (Å²) in [4.78, 5) is 8.34. The van der Waals surface area contributed by atoms with Gasteiger partial charge in [0.05, 0.1) is 23.7 Å². The van der Waals surface area contributed by atoms with Gasteiger partial charge in [-0.05, 0) is 32.6 Å². The van der Waals surface area contributed by atoms with Crippen LogP contribution in [0.2, 0.25) is 0 Å². The highest BCUT2D eigenvalue weighted by Gasteiger charge is 2.54. The molecule has 8 nitrogen and oxygen atoms in total. The fraction of sp³-hybridized carbons (Fsp3) is 0.667. The Labute approximate surface area is 133 Å². The summed E-state index contributed by atoms with van der Waals surface area (Å²) in [7, 11) is 0. The average molecular weight is 319 g/mol. The van der Waals surface area contributed by atoms with E-state index in [1.165, 1.54) is 6.33 Å². The molecule has 1 saturated heterocycles. The third-order valence-electron chi connectivity index (χ3n) is 4.79. The topological polar surface area (TPSA) is 108 Å². The fourth-order valence-corrected chi connectivity index (χ4v) is 3.87. The Morgan fingerprint density at radius 3 is 2.91 bits per heavy atom. The third kappa shape index (κ3) is 2.29. The molecule has 0 spiro atoms. The number of anilines is 1. The molecular formula is C15H21N5O3. The average Bonchev–Trinajstić information content (AvgIpc) is 3.13. The van der Waals surface area contributed by atoms with Crippen molar-refractivity contribution in [2.75, 3.05) is 12.3 Å². The van der Waals surface area contributed by atoms with E-state index in [1.807, 2.05) is 18.5 Å². The van der Waals surface area contributed by atoms with E-state index >= 15 is 0 Å². The number of aromatic nitrogens is 4. The van der Waals surface area contributed by atoms with Crippen molar-refractivity contribution in [2.45, 2.75) is 50.7 Å². The zero-order chi connectivity index (χ0) is 16.2. The monoisotopic (exact) mass is 319 g/mol. The lowest BCUT2D eigenvalue weighted by Crippen LogP contribution is -2.28. The molecule has 2 aromatic rings. The van der Waals surface area contributed by atoms with Crippen molar-refractivity contribution >= 4 is 16.9 Å². The Bertz CT molecular complexity index is 731. The van der Waals surface area contributed by atoms with Gasteiger partial charge in [-0.1, -0.05) is 0 Å². The number of aliphatic hydroxyl groups is 1. The van der Waals surface area contributed by atoms with E-state index in [1.54, 1.807) is 6.20 Å². The molecule has 2 aromatic heterocycles. The van der Waals surface area contributed by atoms with E-state index < -0.39 is 5.79 Å². The lowest BCUT2D eigenvalue weighted by molar-refractivity contribution is -0.161. The normalized spacial score (nSPS) is 32.5. The van der Waals surface area contributed by atoms with Crippen LogP contribution >= 0.6 is 0 Å². The highest BCUT2D eigenvalue weighted by Crippen LogP contribution is 2.48. The summed E-state index contributed by atoms with van der Waals surface area (Å²) >= 11 is 0. The molecule has 124 valence electrons. The Morgan fingerprint density at radius 1 is 1.35 bits per heavy atom. The molecule has 0 amide bonds. The van der Waals surface area contributed by atoms with Gasteiger partial charge in [0.25, 0.3) is 0 Å². The summed E-state index contributed by atoms with van der Waals surface area (Å²) in [5.74, 6) is 0.0282. The summed E-state index contributed by atoms with van der Waals surface area (Å²) in [6.07, 6.45) is 4.50. The molecule has 3 heterocycles. The van der Waals surface area contributed by atoms with Crippen molar-refractivity contribution in [3.63, 3.8) is 0 Å². The minimum atomic E-state index is -0.626. The van der Waals surface area contributed by atoms with Crippen LogP contribution in [0.25, 0.3) is 11.0 Å². The van der Waals surface area contributed by atoms with Gasteiger partial charge in [0, 0.05) is 6.61 Å². The zero-order valence-corrected chi connectivity index (χ0v) is 13.2. The molecule has 2 aliphatic rings. The van der Waals surface area contributed by atoms with Gasteiger partial charge in [0.2, 0.25) is 0 Å². The first-order valence-corrected chi connectivity index (χ1v) is 7.90. The molecule has 1 aliphatic carbocycles. The van der Waals surface area contributed by atoms with E-state index in [4.69, 9.17) is 15.2 Å². The predicted molar refractivity (Wildman–Crippen MR) is 82.4 cm³/mol. The fourth-order valence-electron chi connectivity index (χ4n) is 3.87. The molecule has 1 aliphatic heterocycles. The number of hydrogen-bond donors (Lipinski definition) is 2. The van der Waals surface area contributed by atoms with E-state index in [-0.39, 0.29) is 30.8 Å². The van der Waals surface area contributed by atoms with E-state index in [2.05, 4.69) is 15.1 Å². The van der Waals surface area contributed by atoms with Gasteiger partial charge >= 0.3 is 0 Å². The molecular weight excluding hydrogens is 298 g/mol. The van der Waals surface area contributed by atoms with Crippen LogP contribution < -0.4 is 5.73 Å². The lowest BCUT2D eigenvalue weighted by atomic mass is 10.0. The van der Waals surface area contributed by atoms with Crippen LogP contribution in [-0.4, -0.2) is 49.5 Å². The maximum absolute atomic E-state index is 9.35. The third-order valence-corrected chi connectivity index (χ3v) is 4.79. The lowest BCUT2D eigenvalue weighted by Gasteiger charge is -2.23. The molecule has 0 radical (unpaired) electrons. The van der Waals surface area contributed by atoms with Crippen molar-refractivity contribution in [2.24, 2.45) is 5.92 Å². The van der Waals surface area contributed by atoms with Gasteiger partial charge in [-0.3, -0.25) is 0 Å². The molecule has 4 atom stereocenters. The molecule has 0 bridgehead atoms. The van der Waals surface area contributed by atoms with Crippen molar-refractivity contribution in [1.29, 1.82) is 0 Å². The van der Waals surface area contributed by atoms with Crippen molar-refractivity contribution in [3.05, 3.63) is 12.5 Å². The highest BCUT2D eigenvalue weighted by molar-refractivity contribution is 5.84. The smallest absolute Gasteiger partial charge is 0.163 e. The molecule has 0 aromatic carbocycles. The number of ether oxygens (including phenoxy) is 2. The quantitative estimate of drug-likeness (QED) is 0.864. The number of hydrogen-bond acceptors (Lipinski definition) is 7. The number of nitrogens with zero attached hydrogens (tertiary/aromatic N) is 4. The van der Waals surface area contributed by atoms with Crippen molar-refractivity contribution in [1.82, 2.24) is 19.7 Å². The Kier molecular flexibility index (Phi) is 3.29. The van der Waals surface area contributed by atoms with Crippen LogP contribution in [0, 0.1) is 5.92 Å². The second-order valence-corrected chi connectivity index (χ2v) is 6.73. The van der Waals surface area contributed by atoms with E-state index in [9.17, 15) is 5.11 Å². The zero-order valence-electron chi connectivity index (χ0n) is 13.2. The van der Waals surface area contributed by atoms with Gasteiger partial charge in [-0.25, -0.2) is 14.6 Å². The first kappa shape index (κ1) is 14.8. The second kappa shape index (κ2) is 5.12. The van der Waals surface area contributed by atoms with Crippen LogP contribution in [0.5, 0.6) is 0 Å². The van der Waals surface area contributed by atoms with Crippen LogP contribution in [0.3, 0.4) is 0 Å². The first-order chi connectivity index (χ1) is 11.0. The van der Waals surface area contributed by atoms with Gasteiger partial charge in [-0.15, -0.1) is 0 Å². The first-order valence-electron chi connectivity index (χ1n) is 7.90. The summed E-state index contributed by atoms with van der Waals surface area (Å²) in [6.45, 7) is 3.97. The minimum absolute atomic E-state index is 0.00475. The second-order valence-electron chi connectivity index (χ2n) is 6.73. The van der Waals surface area contributed by atoms with Gasteiger partial charge in [0.15, 0.2) is 11.4 Å². The van der Waals surface area contributed by atoms with Crippen molar-refractivity contribution in [3.8, 4) is 0 Å². The van der Waals surface area contributed by atoms with Gasteiger partial charge in [-0.2, -0.15) is 5.10 Å². The molecule has 23 heavy (non-hydrogen) atoms. The predicted octanol–water partition coefficient (Wildman–Crippen LogP) is 0.872. The van der Waals surface area contributed by atoms with Crippen LogP contribution in [0.4, 0.5) is 5.82 Å². The molecule has 2 fully saturated rings. The Morgan fingerprint density at radius 2 is 2.13 bits per heavy atom. The van der Waals surface area contributed by atoms with Gasteiger partial charge < -0.3 is 20.3 Å². The minimum Gasteiger partial charge on any atom is -0.396 e. The number of fused-ring (bicyclic) bond motifs is 2. The molecule has 4 rings (SSSR count). The summed E-state index contributed by atoms with van der Waals surface area (Å²) in [5.41, 5.74) is 6.61. The summed E-state index contributed by atoms with van der Waals surface area (Å²) in [6, 6.07) is 0.00475. The van der Waals surface area contributed by atoms with E-state index in [0.29, 0.717) is 17.9 Å². The van der Waals surface area contributed by atoms with Crippen LogP contribution in [-0.2, 0) is 9.47 Å². The van der Waals surface area contributed by atoms with Crippen LogP contribution in [0.15, 0.2) is 12.5 Å².